The van der Waals surface area contributed by atoms with E-state index in [0.29, 0.717) is 5.92 Å². The fourth-order valence-corrected chi connectivity index (χ4v) is 2.08. The van der Waals surface area contributed by atoms with Crippen LogP contribution in [0, 0.1) is 5.92 Å². The number of aromatic nitrogens is 2. The highest BCUT2D eigenvalue weighted by atomic mass is 16.2. The van der Waals surface area contributed by atoms with Crippen LogP contribution in [0.4, 0.5) is 0 Å². The molecule has 4 nitrogen and oxygen atoms in total. The third kappa shape index (κ3) is 4.31. The Hall–Kier alpha value is -2.36. The lowest BCUT2D eigenvalue weighted by Crippen LogP contribution is -2.28. The van der Waals surface area contributed by atoms with Crippen LogP contribution in [0.15, 0.2) is 48.8 Å². The Kier molecular flexibility index (Phi) is 4.93. The number of carbonyl (C=O) groups excluding carboxylic acids is 1. The maximum atomic E-state index is 11.9. The zero-order valence-electron chi connectivity index (χ0n) is 12.7. The summed E-state index contributed by atoms with van der Waals surface area (Å²) in [7, 11) is 1.82. The van der Waals surface area contributed by atoms with Gasteiger partial charge in [0.1, 0.15) is 0 Å². The summed E-state index contributed by atoms with van der Waals surface area (Å²) in [6.45, 7) is 4.95. The van der Waals surface area contributed by atoms with Crippen LogP contribution >= 0.6 is 0 Å². The minimum absolute atomic E-state index is 0.0103. The van der Waals surface area contributed by atoms with Crippen molar-refractivity contribution in [2.45, 2.75) is 13.8 Å². The molecule has 0 unspecified atom stereocenters. The van der Waals surface area contributed by atoms with E-state index in [1.165, 1.54) is 0 Å². The molecule has 110 valence electrons. The summed E-state index contributed by atoms with van der Waals surface area (Å²) in [4.78, 5) is 13.7. The zero-order chi connectivity index (χ0) is 15.2. The Balaban J connectivity index is 2.02. The minimum atomic E-state index is 0.0103. The standard InChI is InChI=1S/C17H21N3O/c1-14(2)12-19(3)17(21)10-9-15-11-18-20(13-15)16-7-5-4-6-8-16/h4-11,13-14H,12H2,1-3H3/b10-9+. The second-order valence-electron chi connectivity index (χ2n) is 5.50. The van der Waals surface area contributed by atoms with Gasteiger partial charge in [-0.1, -0.05) is 32.0 Å². The van der Waals surface area contributed by atoms with Crippen molar-refractivity contribution in [3.05, 3.63) is 54.4 Å². The quantitative estimate of drug-likeness (QED) is 0.791. The van der Waals surface area contributed by atoms with E-state index in [1.54, 1.807) is 27.9 Å². The second-order valence-corrected chi connectivity index (χ2v) is 5.50. The van der Waals surface area contributed by atoms with Crippen LogP contribution in [0.2, 0.25) is 0 Å². The van der Waals surface area contributed by atoms with Gasteiger partial charge in [0.2, 0.25) is 5.91 Å². The molecule has 0 radical (unpaired) electrons. The molecule has 0 N–H and O–H groups in total. The van der Waals surface area contributed by atoms with Crippen molar-refractivity contribution < 1.29 is 4.79 Å². The molecule has 0 aliphatic rings. The summed E-state index contributed by atoms with van der Waals surface area (Å²) in [6.07, 6.45) is 7.04. The Morgan fingerprint density at radius 2 is 2.05 bits per heavy atom. The third-order valence-electron chi connectivity index (χ3n) is 3.06. The topological polar surface area (TPSA) is 38.1 Å². The van der Waals surface area contributed by atoms with Gasteiger partial charge >= 0.3 is 0 Å². The van der Waals surface area contributed by atoms with E-state index in [-0.39, 0.29) is 5.91 Å². The summed E-state index contributed by atoms with van der Waals surface area (Å²) in [5.41, 5.74) is 1.91. The van der Waals surface area contributed by atoms with Gasteiger partial charge in [0.25, 0.3) is 0 Å². The number of likely N-dealkylation sites (N-methyl/N-ethyl adjacent to an activating group) is 1. The predicted molar refractivity (Wildman–Crippen MR) is 85.1 cm³/mol. The number of nitrogens with zero attached hydrogens (tertiary/aromatic N) is 3. The van der Waals surface area contributed by atoms with Crippen LogP contribution in [-0.2, 0) is 4.79 Å². The van der Waals surface area contributed by atoms with E-state index in [9.17, 15) is 4.79 Å². The van der Waals surface area contributed by atoms with Crippen LogP contribution in [0.5, 0.6) is 0 Å². The number of benzene rings is 1. The highest BCUT2D eigenvalue weighted by molar-refractivity contribution is 5.91. The first-order valence-electron chi connectivity index (χ1n) is 7.09. The van der Waals surface area contributed by atoms with Crippen molar-refractivity contribution in [1.82, 2.24) is 14.7 Å². The van der Waals surface area contributed by atoms with E-state index in [0.717, 1.165) is 17.8 Å². The molecule has 1 aromatic carbocycles. The molecule has 0 fully saturated rings. The number of para-hydroxylation sites is 1. The molecule has 0 aliphatic heterocycles. The molecule has 0 atom stereocenters. The number of rotatable bonds is 5. The Morgan fingerprint density at radius 1 is 1.33 bits per heavy atom. The molecule has 1 aromatic heterocycles. The molecule has 0 saturated heterocycles. The molecular formula is C17H21N3O. The third-order valence-corrected chi connectivity index (χ3v) is 3.06. The Labute approximate surface area is 125 Å². The molecule has 21 heavy (non-hydrogen) atoms. The van der Waals surface area contributed by atoms with Gasteiger partial charge in [0.05, 0.1) is 11.9 Å². The Morgan fingerprint density at radius 3 is 2.71 bits per heavy atom. The molecule has 2 aromatic rings. The second kappa shape index (κ2) is 6.88. The summed E-state index contributed by atoms with van der Waals surface area (Å²) >= 11 is 0. The van der Waals surface area contributed by atoms with Gasteiger partial charge in [0.15, 0.2) is 0 Å². The van der Waals surface area contributed by atoms with Crippen molar-refractivity contribution in [3.63, 3.8) is 0 Å². The molecule has 0 spiro atoms. The van der Waals surface area contributed by atoms with Crippen LogP contribution in [0.1, 0.15) is 19.4 Å². The van der Waals surface area contributed by atoms with Crippen molar-refractivity contribution in [1.29, 1.82) is 0 Å². The molecule has 4 heteroatoms. The van der Waals surface area contributed by atoms with Crippen molar-refractivity contribution in [3.8, 4) is 5.69 Å². The average molecular weight is 283 g/mol. The SMILES string of the molecule is CC(C)CN(C)C(=O)/C=C/c1cnn(-c2ccccc2)c1. The fourth-order valence-electron chi connectivity index (χ4n) is 2.08. The minimum Gasteiger partial charge on any atom is -0.342 e. The van der Waals surface area contributed by atoms with Crippen LogP contribution in [0.25, 0.3) is 11.8 Å². The number of hydrogen-bond acceptors (Lipinski definition) is 2. The number of carbonyl (C=O) groups is 1. The van der Waals surface area contributed by atoms with Crippen molar-refractivity contribution >= 4 is 12.0 Å². The van der Waals surface area contributed by atoms with Crippen LogP contribution in [0.3, 0.4) is 0 Å². The lowest BCUT2D eigenvalue weighted by atomic mass is 10.2. The molecule has 0 bridgehead atoms. The van der Waals surface area contributed by atoms with Gasteiger partial charge in [-0.3, -0.25) is 4.79 Å². The molecular weight excluding hydrogens is 262 g/mol. The normalized spacial score (nSPS) is 11.2. The number of amides is 1. The van der Waals surface area contributed by atoms with E-state index in [4.69, 9.17) is 0 Å². The van der Waals surface area contributed by atoms with Gasteiger partial charge in [-0.2, -0.15) is 5.10 Å². The molecule has 1 amide bonds. The maximum Gasteiger partial charge on any atom is 0.246 e. The van der Waals surface area contributed by atoms with Gasteiger partial charge in [-0.25, -0.2) is 4.68 Å². The summed E-state index contributed by atoms with van der Waals surface area (Å²) in [5, 5.41) is 4.30. The van der Waals surface area contributed by atoms with Crippen molar-refractivity contribution in [2.75, 3.05) is 13.6 Å². The highest BCUT2D eigenvalue weighted by Crippen LogP contribution is 2.09. The van der Waals surface area contributed by atoms with Crippen LogP contribution < -0.4 is 0 Å². The number of hydrogen-bond donors (Lipinski definition) is 0. The first kappa shape index (κ1) is 15.0. The molecule has 1 heterocycles. The van der Waals surface area contributed by atoms with Crippen molar-refractivity contribution in [2.24, 2.45) is 5.92 Å². The average Bonchev–Trinajstić information content (AvgIpc) is 2.94. The lowest BCUT2D eigenvalue weighted by Gasteiger charge is -2.17. The molecule has 2 rings (SSSR count). The molecule has 0 saturated carbocycles. The lowest BCUT2D eigenvalue weighted by molar-refractivity contribution is -0.125. The summed E-state index contributed by atoms with van der Waals surface area (Å²) in [6, 6.07) is 9.88. The highest BCUT2D eigenvalue weighted by Gasteiger charge is 2.06. The Bertz CT molecular complexity index is 614. The first-order chi connectivity index (χ1) is 10.1. The van der Waals surface area contributed by atoms with E-state index in [1.807, 2.05) is 43.6 Å². The fraction of sp³-hybridized carbons (Fsp3) is 0.294. The van der Waals surface area contributed by atoms with E-state index >= 15 is 0 Å². The molecule has 0 aliphatic carbocycles. The maximum absolute atomic E-state index is 11.9. The van der Waals surface area contributed by atoms with Gasteiger partial charge in [-0.15, -0.1) is 0 Å². The predicted octanol–water partition coefficient (Wildman–Crippen LogP) is 3.00. The van der Waals surface area contributed by atoms with Gasteiger partial charge in [-0.05, 0) is 24.1 Å². The van der Waals surface area contributed by atoms with E-state index in [2.05, 4.69) is 18.9 Å². The monoisotopic (exact) mass is 283 g/mol. The first-order valence-corrected chi connectivity index (χ1v) is 7.09. The zero-order valence-corrected chi connectivity index (χ0v) is 12.7. The smallest absolute Gasteiger partial charge is 0.246 e. The van der Waals surface area contributed by atoms with Gasteiger partial charge in [0, 0.05) is 31.4 Å². The largest absolute Gasteiger partial charge is 0.342 e. The van der Waals surface area contributed by atoms with Crippen LogP contribution in [-0.4, -0.2) is 34.2 Å². The van der Waals surface area contributed by atoms with E-state index < -0.39 is 0 Å². The van der Waals surface area contributed by atoms with Gasteiger partial charge < -0.3 is 4.90 Å². The summed E-state index contributed by atoms with van der Waals surface area (Å²) < 4.78 is 1.79. The summed E-state index contributed by atoms with van der Waals surface area (Å²) in [5.74, 6) is 0.476.